The number of nitrogens with two attached hydrogens (primary N) is 1. The van der Waals surface area contributed by atoms with Crippen LogP contribution >= 0.6 is 0 Å². The average Bonchev–Trinajstić information content (AvgIpc) is 2.37. The molecule has 0 saturated carbocycles. The minimum Gasteiger partial charge on any atom is -0.494 e. The van der Waals surface area contributed by atoms with Crippen molar-refractivity contribution >= 4 is 0 Å². The molecule has 0 aromatic heterocycles. The zero-order valence-corrected chi connectivity index (χ0v) is 10.7. The van der Waals surface area contributed by atoms with Gasteiger partial charge in [-0.25, -0.2) is 0 Å². The molecule has 0 heterocycles. The molecule has 1 aromatic carbocycles. The van der Waals surface area contributed by atoms with Crippen molar-refractivity contribution < 1.29 is 22.6 Å². The zero-order chi connectivity index (χ0) is 14.3. The van der Waals surface area contributed by atoms with Crippen molar-refractivity contribution in [1.29, 1.82) is 0 Å². The van der Waals surface area contributed by atoms with Crippen LogP contribution in [0.25, 0.3) is 0 Å². The van der Waals surface area contributed by atoms with Crippen LogP contribution in [0.2, 0.25) is 0 Å². The number of benzene rings is 1. The van der Waals surface area contributed by atoms with Crippen LogP contribution < -0.4 is 15.2 Å². The lowest BCUT2D eigenvalue weighted by Crippen LogP contribution is -2.35. The van der Waals surface area contributed by atoms with Crippen molar-refractivity contribution in [3.8, 4) is 11.5 Å². The fourth-order valence-corrected chi connectivity index (χ4v) is 1.34. The van der Waals surface area contributed by atoms with Crippen molar-refractivity contribution in [2.45, 2.75) is 19.5 Å². The summed E-state index contributed by atoms with van der Waals surface area (Å²) in [6.45, 7) is 1.63. The molecule has 0 spiro atoms. The van der Waals surface area contributed by atoms with Gasteiger partial charge >= 0.3 is 6.18 Å². The summed E-state index contributed by atoms with van der Waals surface area (Å²) in [6, 6.07) is 6.48. The third-order valence-electron chi connectivity index (χ3n) is 2.50. The third kappa shape index (κ3) is 5.38. The van der Waals surface area contributed by atoms with Crippen LogP contribution in [0, 0.1) is 5.92 Å². The smallest absolute Gasteiger partial charge is 0.396 e. The maximum atomic E-state index is 12.4. The first-order chi connectivity index (χ1) is 8.97. The lowest BCUT2D eigenvalue weighted by atomic mass is 10.1. The SMILES string of the molecule is CCCOc1ccc(OCC(CN)C(F)(F)F)cc1. The number of rotatable bonds is 7. The molecule has 19 heavy (non-hydrogen) atoms. The molecule has 1 unspecified atom stereocenters. The van der Waals surface area contributed by atoms with E-state index in [1.165, 1.54) is 0 Å². The molecule has 0 bridgehead atoms. The van der Waals surface area contributed by atoms with Gasteiger partial charge in [-0.3, -0.25) is 0 Å². The van der Waals surface area contributed by atoms with E-state index in [0.717, 1.165) is 6.42 Å². The second-order valence-corrected chi connectivity index (χ2v) is 4.11. The van der Waals surface area contributed by atoms with Crippen LogP contribution in [-0.2, 0) is 0 Å². The van der Waals surface area contributed by atoms with Crippen LogP contribution in [0.1, 0.15) is 13.3 Å². The first-order valence-electron chi connectivity index (χ1n) is 6.09. The Hall–Kier alpha value is -1.43. The van der Waals surface area contributed by atoms with Crippen LogP contribution in [0.15, 0.2) is 24.3 Å². The monoisotopic (exact) mass is 277 g/mol. The van der Waals surface area contributed by atoms with Crippen molar-refractivity contribution in [2.24, 2.45) is 11.7 Å². The number of ether oxygens (including phenoxy) is 2. The van der Waals surface area contributed by atoms with Gasteiger partial charge in [0.2, 0.25) is 0 Å². The second kappa shape index (κ2) is 7.23. The Balaban J connectivity index is 2.49. The molecule has 1 rings (SSSR count). The van der Waals surface area contributed by atoms with Gasteiger partial charge in [0.1, 0.15) is 24.0 Å². The summed E-state index contributed by atoms with van der Waals surface area (Å²) in [4.78, 5) is 0. The molecule has 6 heteroatoms. The molecule has 0 saturated heterocycles. The summed E-state index contributed by atoms with van der Waals surface area (Å²) in [6.07, 6.45) is -3.44. The van der Waals surface area contributed by atoms with Crippen LogP contribution in [0.4, 0.5) is 13.2 Å². The van der Waals surface area contributed by atoms with Crippen LogP contribution in [-0.4, -0.2) is 25.9 Å². The summed E-state index contributed by atoms with van der Waals surface area (Å²) in [7, 11) is 0. The predicted molar refractivity (Wildman–Crippen MR) is 66.3 cm³/mol. The van der Waals surface area contributed by atoms with Gasteiger partial charge in [-0.1, -0.05) is 6.92 Å². The molecule has 0 fully saturated rings. The van der Waals surface area contributed by atoms with Crippen molar-refractivity contribution in [3.63, 3.8) is 0 Å². The maximum absolute atomic E-state index is 12.4. The second-order valence-electron chi connectivity index (χ2n) is 4.11. The highest BCUT2D eigenvalue weighted by Crippen LogP contribution is 2.26. The Morgan fingerprint density at radius 3 is 2.05 bits per heavy atom. The lowest BCUT2D eigenvalue weighted by Gasteiger charge is -2.18. The topological polar surface area (TPSA) is 44.5 Å². The summed E-state index contributed by atoms with van der Waals surface area (Å²) in [5, 5.41) is 0. The molecule has 3 nitrogen and oxygen atoms in total. The van der Waals surface area contributed by atoms with Gasteiger partial charge in [-0.05, 0) is 30.7 Å². The molecular formula is C13H18F3NO2. The molecule has 1 aromatic rings. The highest BCUT2D eigenvalue weighted by Gasteiger charge is 2.39. The lowest BCUT2D eigenvalue weighted by molar-refractivity contribution is -0.178. The third-order valence-corrected chi connectivity index (χ3v) is 2.50. The van der Waals surface area contributed by atoms with Crippen LogP contribution in [0.3, 0.4) is 0 Å². The first-order valence-corrected chi connectivity index (χ1v) is 6.09. The normalized spacial score (nSPS) is 13.1. The van der Waals surface area contributed by atoms with E-state index in [9.17, 15) is 13.2 Å². The van der Waals surface area contributed by atoms with Gasteiger partial charge in [0.25, 0.3) is 0 Å². The number of alkyl halides is 3. The first kappa shape index (κ1) is 15.6. The average molecular weight is 277 g/mol. The minimum absolute atomic E-state index is 0.367. The Morgan fingerprint density at radius 1 is 1.11 bits per heavy atom. The van der Waals surface area contributed by atoms with E-state index in [-0.39, 0.29) is 0 Å². The highest BCUT2D eigenvalue weighted by molar-refractivity contribution is 5.31. The molecule has 0 aliphatic carbocycles. The number of halogens is 3. The van der Waals surface area contributed by atoms with Gasteiger partial charge in [0, 0.05) is 6.54 Å². The van der Waals surface area contributed by atoms with Crippen molar-refractivity contribution in [2.75, 3.05) is 19.8 Å². The van der Waals surface area contributed by atoms with E-state index in [0.29, 0.717) is 18.1 Å². The quantitative estimate of drug-likeness (QED) is 0.833. The van der Waals surface area contributed by atoms with E-state index >= 15 is 0 Å². The summed E-state index contributed by atoms with van der Waals surface area (Å²) in [5.41, 5.74) is 5.08. The number of hydrogen-bond acceptors (Lipinski definition) is 3. The Morgan fingerprint density at radius 2 is 1.63 bits per heavy atom. The Bertz CT molecular complexity index is 365. The zero-order valence-electron chi connectivity index (χ0n) is 10.7. The van der Waals surface area contributed by atoms with E-state index in [1.807, 2.05) is 6.92 Å². The van der Waals surface area contributed by atoms with Gasteiger partial charge in [0.15, 0.2) is 0 Å². The fraction of sp³-hybridized carbons (Fsp3) is 0.538. The van der Waals surface area contributed by atoms with Crippen molar-refractivity contribution in [3.05, 3.63) is 24.3 Å². The summed E-state index contributed by atoms with van der Waals surface area (Å²) < 4.78 is 47.8. The largest absolute Gasteiger partial charge is 0.494 e. The van der Waals surface area contributed by atoms with Gasteiger partial charge in [-0.15, -0.1) is 0 Å². The van der Waals surface area contributed by atoms with Gasteiger partial charge < -0.3 is 15.2 Å². The van der Waals surface area contributed by atoms with E-state index < -0.39 is 25.2 Å². The van der Waals surface area contributed by atoms with E-state index in [1.54, 1.807) is 24.3 Å². The molecular weight excluding hydrogens is 259 g/mol. The Labute approximate surface area is 110 Å². The van der Waals surface area contributed by atoms with Crippen molar-refractivity contribution in [1.82, 2.24) is 0 Å². The summed E-state index contributed by atoms with van der Waals surface area (Å²) in [5.74, 6) is -0.615. The van der Waals surface area contributed by atoms with Gasteiger partial charge in [0.05, 0.1) is 6.61 Å². The molecule has 0 aliphatic rings. The Kier molecular flexibility index (Phi) is 5.95. The molecule has 2 N–H and O–H groups in total. The molecule has 0 aliphatic heterocycles. The molecule has 0 amide bonds. The van der Waals surface area contributed by atoms with Gasteiger partial charge in [-0.2, -0.15) is 13.2 Å². The van der Waals surface area contributed by atoms with Crippen LogP contribution in [0.5, 0.6) is 11.5 Å². The standard InChI is InChI=1S/C13H18F3NO2/c1-2-7-18-11-3-5-12(6-4-11)19-9-10(8-17)13(14,15)16/h3-6,10H,2,7-9,17H2,1H3. The molecule has 1 atom stereocenters. The molecule has 108 valence electrons. The van der Waals surface area contributed by atoms with E-state index in [2.05, 4.69) is 0 Å². The summed E-state index contributed by atoms with van der Waals surface area (Å²) >= 11 is 0. The molecule has 0 radical (unpaired) electrons. The minimum atomic E-state index is -4.33. The number of hydrogen-bond donors (Lipinski definition) is 1. The highest BCUT2D eigenvalue weighted by atomic mass is 19.4. The maximum Gasteiger partial charge on any atom is 0.396 e. The van der Waals surface area contributed by atoms with E-state index in [4.69, 9.17) is 15.2 Å². The fourth-order valence-electron chi connectivity index (χ4n) is 1.34. The predicted octanol–water partition coefficient (Wildman–Crippen LogP) is 2.99.